The van der Waals surface area contributed by atoms with Crippen LogP contribution in [0.5, 0.6) is 0 Å². The van der Waals surface area contributed by atoms with Crippen molar-refractivity contribution < 1.29 is 19.1 Å². The Bertz CT molecular complexity index is 801. The number of likely N-dealkylation sites (tertiary alicyclic amines) is 1. The number of carbonyl (C=O) groups is 2. The highest BCUT2D eigenvalue weighted by molar-refractivity contribution is 6.04. The van der Waals surface area contributed by atoms with Crippen LogP contribution < -0.4 is 10.2 Å². The fourth-order valence-corrected chi connectivity index (χ4v) is 3.03. The summed E-state index contributed by atoms with van der Waals surface area (Å²) in [5.74, 6) is -0.631. The number of aliphatic hydroxyl groups excluding tert-OH is 1. The van der Waals surface area contributed by atoms with Gasteiger partial charge in [0.25, 0.3) is 11.9 Å². The molecule has 134 valence electrons. The lowest BCUT2D eigenvalue weighted by atomic mass is 10.0. The van der Waals surface area contributed by atoms with Gasteiger partial charge in [-0.2, -0.15) is 4.98 Å². The van der Waals surface area contributed by atoms with Crippen molar-refractivity contribution in [2.24, 2.45) is 5.92 Å². The molecule has 1 aliphatic rings. The van der Waals surface area contributed by atoms with Crippen LogP contribution in [0.25, 0.3) is 11.1 Å². The summed E-state index contributed by atoms with van der Waals surface area (Å²) in [6.45, 7) is 0.539. The number of nitrogens with one attached hydrogen (secondary N) is 1. The maximum absolute atomic E-state index is 12.9. The van der Waals surface area contributed by atoms with Crippen LogP contribution in [0, 0.1) is 5.92 Å². The van der Waals surface area contributed by atoms with E-state index in [0.29, 0.717) is 29.2 Å². The normalized spacial score (nSPS) is 20.1. The van der Waals surface area contributed by atoms with Gasteiger partial charge in [-0.1, -0.05) is 6.07 Å². The van der Waals surface area contributed by atoms with Crippen molar-refractivity contribution in [1.29, 1.82) is 0 Å². The van der Waals surface area contributed by atoms with Crippen LogP contribution in [0.2, 0.25) is 0 Å². The molecule has 2 N–H and O–H groups in total. The number of rotatable bonds is 4. The summed E-state index contributed by atoms with van der Waals surface area (Å²) in [5, 5.41) is 12.7. The molecule has 8 heteroatoms. The maximum Gasteiger partial charge on any atom is 0.297 e. The van der Waals surface area contributed by atoms with E-state index < -0.39 is 6.10 Å². The van der Waals surface area contributed by atoms with Crippen molar-refractivity contribution in [1.82, 2.24) is 15.2 Å². The Kier molecular flexibility index (Phi) is 4.63. The van der Waals surface area contributed by atoms with Crippen LogP contribution in [0.15, 0.2) is 22.6 Å². The summed E-state index contributed by atoms with van der Waals surface area (Å²) >= 11 is 0. The summed E-state index contributed by atoms with van der Waals surface area (Å²) < 4.78 is 5.63. The van der Waals surface area contributed by atoms with Gasteiger partial charge in [0.15, 0.2) is 5.58 Å². The third-order valence-corrected chi connectivity index (χ3v) is 4.44. The number of aliphatic hydroxyl groups is 1. The van der Waals surface area contributed by atoms with Crippen molar-refractivity contribution in [3.63, 3.8) is 0 Å². The van der Waals surface area contributed by atoms with Gasteiger partial charge in [-0.25, -0.2) is 0 Å². The van der Waals surface area contributed by atoms with Crippen molar-refractivity contribution in [2.45, 2.75) is 12.5 Å². The first-order valence-electron chi connectivity index (χ1n) is 8.15. The number of benzene rings is 1. The van der Waals surface area contributed by atoms with E-state index in [-0.39, 0.29) is 30.7 Å². The molecule has 0 radical (unpaired) electrons. The molecule has 0 bridgehead atoms. The molecule has 1 aliphatic heterocycles. The second-order valence-corrected chi connectivity index (χ2v) is 6.46. The fourth-order valence-electron chi connectivity index (χ4n) is 3.03. The van der Waals surface area contributed by atoms with E-state index in [4.69, 9.17) is 4.42 Å². The number of hydrogen-bond donors (Lipinski definition) is 2. The van der Waals surface area contributed by atoms with E-state index in [1.807, 2.05) is 14.1 Å². The van der Waals surface area contributed by atoms with Crippen molar-refractivity contribution >= 4 is 28.9 Å². The third kappa shape index (κ3) is 3.30. The zero-order valence-electron chi connectivity index (χ0n) is 14.5. The first-order chi connectivity index (χ1) is 11.9. The van der Waals surface area contributed by atoms with E-state index in [1.165, 1.54) is 0 Å². The second kappa shape index (κ2) is 6.72. The maximum atomic E-state index is 12.9. The number of para-hydroxylation sites is 1. The van der Waals surface area contributed by atoms with Crippen molar-refractivity contribution in [2.75, 3.05) is 39.1 Å². The van der Waals surface area contributed by atoms with Gasteiger partial charge >= 0.3 is 0 Å². The van der Waals surface area contributed by atoms with Gasteiger partial charge in [0.2, 0.25) is 5.91 Å². The lowest BCUT2D eigenvalue weighted by Gasteiger charge is -2.16. The Labute approximate surface area is 145 Å². The largest absolute Gasteiger partial charge is 0.423 e. The van der Waals surface area contributed by atoms with E-state index in [1.54, 1.807) is 35.0 Å². The van der Waals surface area contributed by atoms with Gasteiger partial charge in [-0.3, -0.25) is 9.59 Å². The van der Waals surface area contributed by atoms with Gasteiger partial charge in [0.1, 0.15) is 5.52 Å². The topological polar surface area (TPSA) is 98.9 Å². The molecular weight excluding hydrogens is 324 g/mol. The number of oxazole rings is 1. The average Bonchev–Trinajstić information content (AvgIpc) is 3.18. The first-order valence-corrected chi connectivity index (χ1v) is 8.15. The number of carbonyl (C=O) groups excluding carboxylic acids is 2. The standard InChI is InChI=1S/C17H22N4O4/c1-18-14(23)7-10-8-21(9-12(10)22)16(24)11-5-4-6-13-15(11)19-17(25-13)20(2)3/h4-6,10,12,22H,7-9H2,1-3H3,(H,18,23)/t10-,12-/m1/s1. The number of hydrogen-bond acceptors (Lipinski definition) is 6. The molecule has 2 aromatic rings. The Balaban J connectivity index is 1.84. The molecule has 1 aromatic heterocycles. The van der Waals surface area contributed by atoms with Crippen LogP contribution in [0.1, 0.15) is 16.8 Å². The molecule has 1 fully saturated rings. The minimum absolute atomic E-state index is 0.146. The first kappa shape index (κ1) is 17.2. The highest BCUT2D eigenvalue weighted by Crippen LogP contribution is 2.27. The van der Waals surface area contributed by atoms with Gasteiger partial charge in [-0.15, -0.1) is 0 Å². The zero-order chi connectivity index (χ0) is 18.1. The minimum atomic E-state index is -0.713. The molecule has 2 amide bonds. The average molecular weight is 346 g/mol. The van der Waals surface area contributed by atoms with Crippen LogP contribution in [-0.4, -0.2) is 67.1 Å². The summed E-state index contributed by atoms with van der Waals surface area (Å²) in [4.78, 5) is 32.1. The number of anilines is 1. The molecule has 3 rings (SSSR count). The Morgan fingerprint density at radius 1 is 1.40 bits per heavy atom. The van der Waals surface area contributed by atoms with Crippen molar-refractivity contribution in [3.05, 3.63) is 23.8 Å². The van der Waals surface area contributed by atoms with Crippen LogP contribution in [-0.2, 0) is 4.79 Å². The predicted molar refractivity (Wildman–Crippen MR) is 92.4 cm³/mol. The molecule has 8 nitrogen and oxygen atoms in total. The molecule has 2 atom stereocenters. The molecule has 0 spiro atoms. The number of fused-ring (bicyclic) bond motifs is 1. The van der Waals surface area contributed by atoms with Gasteiger partial charge < -0.3 is 24.6 Å². The molecule has 2 heterocycles. The molecule has 25 heavy (non-hydrogen) atoms. The summed E-state index contributed by atoms with van der Waals surface area (Å²) in [6.07, 6.45) is -0.518. The molecule has 0 unspecified atom stereocenters. The van der Waals surface area contributed by atoms with Crippen LogP contribution in [0.4, 0.5) is 6.01 Å². The van der Waals surface area contributed by atoms with Gasteiger partial charge in [-0.05, 0) is 12.1 Å². The zero-order valence-corrected chi connectivity index (χ0v) is 14.5. The van der Waals surface area contributed by atoms with Crippen LogP contribution in [0.3, 0.4) is 0 Å². The Morgan fingerprint density at radius 3 is 2.84 bits per heavy atom. The van der Waals surface area contributed by atoms with E-state index >= 15 is 0 Å². The molecule has 1 saturated heterocycles. The monoisotopic (exact) mass is 346 g/mol. The third-order valence-electron chi connectivity index (χ3n) is 4.44. The smallest absolute Gasteiger partial charge is 0.297 e. The number of β-amino-alcohol motifs (C(OH)–C–C–N with tert-alkyl or cyclic N) is 1. The Hall–Kier alpha value is -2.61. The van der Waals surface area contributed by atoms with E-state index in [9.17, 15) is 14.7 Å². The van der Waals surface area contributed by atoms with Gasteiger partial charge in [0.05, 0.1) is 11.7 Å². The molecule has 1 aromatic carbocycles. The van der Waals surface area contributed by atoms with Crippen LogP contribution >= 0.6 is 0 Å². The van der Waals surface area contributed by atoms with Gasteiger partial charge in [0, 0.05) is 46.6 Å². The van der Waals surface area contributed by atoms with E-state index in [2.05, 4.69) is 10.3 Å². The van der Waals surface area contributed by atoms with E-state index in [0.717, 1.165) is 0 Å². The predicted octanol–water partition coefficient (Wildman–Crippen LogP) is 0.463. The summed E-state index contributed by atoms with van der Waals surface area (Å²) in [6, 6.07) is 5.63. The van der Waals surface area contributed by atoms with Crippen molar-refractivity contribution in [3.8, 4) is 0 Å². The SMILES string of the molecule is CNC(=O)C[C@@H]1CN(C(=O)c2cccc3oc(N(C)C)nc23)C[C@H]1O. The fraction of sp³-hybridized carbons (Fsp3) is 0.471. The Morgan fingerprint density at radius 2 is 2.16 bits per heavy atom. The number of nitrogens with zero attached hydrogens (tertiary/aromatic N) is 3. The molecule has 0 aliphatic carbocycles. The summed E-state index contributed by atoms with van der Waals surface area (Å²) in [7, 11) is 5.18. The summed E-state index contributed by atoms with van der Waals surface area (Å²) in [5.41, 5.74) is 1.47. The lowest BCUT2D eigenvalue weighted by Crippen LogP contribution is -2.30. The lowest BCUT2D eigenvalue weighted by molar-refractivity contribution is -0.122. The number of amides is 2. The second-order valence-electron chi connectivity index (χ2n) is 6.46. The molecular formula is C17H22N4O4. The highest BCUT2D eigenvalue weighted by atomic mass is 16.4. The molecule has 0 saturated carbocycles. The number of aromatic nitrogens is 1. The quantitative estimate of drug-likeness (QED) is 0.835. The highest BCUT2D eigenvalue weighted by Gasteiger charge is 2.36. The minimum Gasteiger partial charge on any atom is -0.423 e.